The number of hydrogen-bond acceptors (Lipinski definition) is 4. The van der Waals surface area contributed by atoms with Gasteiger partial charge in [0.1, 0.15) is 6.61 Å². The highest BCUT2D eigenvalue weighted by Crippen LogP contribution is 2.31. The number of hydrogen-bond donors (Lipinski definition) is 0. The molecule has 1 aliphatic carbocycles. The predicted octanol–water partition coefficient (Wildman–Crippen LogP) is 5.54. The molecule has 0 N–H and O–H groups in total. The van der Waals surface area contributed by atoms with Crippen molar-refractivity contribution < 1.29 is 19.0 Å². The number of aryl methyl sites for hydroxylation is 1. The summed E-state index contributed by atoms with van der Waals surface area (Å²) in [5.74, 6) is 1.53. The first kappa shape index (κ1) is 22.7. The van der Waals surface area contributed by atoms with E-state index < -0.39 is 0 Å². The summed E-state index contributed by atoms with van der Waals surface area (Å²) in [6.45, 7) is 3.96. The van der Waals surface area contributed by atoms with E-state index in [2.05, 4.69) is 0 Å². The zero-order chi connectivity index (χ0) is 22.3. The van der Waals surface area contributed by atoms with E-state index in [1.165, 1.54) is 19.3 Å². The second-order valence-electron chi connectivity index (χ2n) is 9.02. The molecule has 0 radical (unpaired) electrons. The summed E-state index contributed by atoms with van der Waals surface area (Å²) in [5.41, 5.74) is 2.96. The first-order chi connectivity index (χ1) is 15.6. The maximum absolute atomic E-state index is 13.4. The average Bonchev–Trinajstić information content (AvgIpc) is 3.37. The average molecular weight is 438 g/mol. The molecule has 1 saturated carbocycles. The number of benzene rings is 2. The van der Waals surface area contributed by atoms with Gasteiger partial charge in [-0.3, -0.25) is 4.79 Å². The zero-order valence-electron chi connectivity index (χ0n) is 19.3. The smallest absolute Gasteiger partial charge is 0.254 e. The van der Waals surface area contributed by atoms with E-state index in [1.54, 1.807) is 7.11 Å². The normalized spacial score (nSPS) is 19.0. The third kappa shape index (κ3) is 5.63. The van der Waals surface area contributed by atoms with Crippen molar-refractivity contribution in [1.29, 1.82) is 0 Å². The second-order valence-corrected chi connectivity index (χ2v) is 9.02. The van der Waals surface area contributed by atoms with Gasteiger partial charge in [-0.05, 0) is 68.9 Å². The van der Waals surface area contributed by atoms with Crippen LogP contribution in [0, 0.1) is 6.92 Å². The van der Waals surface area contributed by atoms with Crippen molar-refractivity contribution in [3.05, 3.63) is 59.2 Å². The van der Waals surface area contributed by atoms with Crippen molar-refractivity contribution in [3.63, 3.8) is 0 Å². The van der Waals surface area contributed by atoms with Gasteiger partial charge < -0.3 is 19.1 Å². The molecule has 0 bridgehead atoms. The molecule has 1 saturated heterocycles. The molecule has 1 atom stereocenters. The van der Waals surface area contributed by atoms with Gasteiger partial charge in [0, 0.05) is 24.8 Å². The van der Waals surface area contributed by atoms with Crippen LogP contribution in [-0.2, 0) is 11.3 Å². The number of nitrogens with zero attached hydrogens (tertiary/aromatic N) is 1. The minimum atomic E-state index is 0.102. The van der Waals surface area contributed by atoms with Gasteiger partial charge in [0.05, 0.1) is 13.2 Å². The van der Waals surface area contributed by atoms with E-state index in [0.717, 1.165) is 54.7 Å². The Balaban J connectivity index is 1.48. The summed E-state index contributed by atoms with van der Waals surface area (Å²) < 4.78 is 17.4. The Bertz CT molecular complexity index is 883. The van der Waals surface area contributed by atoms with Gasteiger partial charge in [-0.1, -0.05) is 36.6 Å². The quantitative estimate of drug-likeness (QED) is 0.544. The number of methoxy groups -OCH3 is 1. The second kappa shape index (κ2) is 10.9. The third-order valence-electron chi connectivity index (χ3n) is 6.60. The standard InChI is InChI=1S/C27H35NO4/c1-20-10-13-22(14-11-20)27(29)28(23-7-3-4-8-23)18-21-12-15-25(26(17-21)30-2)32-19-24-9-5-6-16-31-24/h10-15,17,23-24H,3-9,16,18-19H2,1-2H3. The summed E-state index contributed by atoms with van der Waals surface area (Å²) in [7, 11) is 1.66. The molecule has 5 nitrogen and oxygen atoms in total. The topological polar surface area (TPSA) is 48.0 Å². The molecule has 4 rings (SSSR count). The first-order valence-corrected chi connectivity index (χ1v) is 11.9. The molecule has 5 heteroatoms. The Hall–Kier alpha value is -2.53. The molecule has 2 fully saturated rings. The highest BCUT2D eigenvalue weighted by Gasteiger charge is 2.28. The lowest BCUT2D eigenvalue weighted by molar-refractivity contribution is -0.0114. The molecule has 172 valence electrons. The van der Waals surface area contributed by atoms with E-state index >= 15 is 0 Å². The lowest BCUT2D eigenvalue weighted by atomic mass is 10.1. The number of carbonyl (C=O) groups excluding carboxylic acids is 1. The molecule has 2 aromatic carbocycles. The van der Waals surface area contributed by atoms with Gasteiger partial charge in [-0.25, -0.2) is 0 Å². The SMILES string of the molecule is COc1cc(CN(C(=O)c2ccc(C)cc2)C2CCCC2)ccc1OCC1CCCCO1. The predicted molar refractivity (Wildman–Crippen MR) is 125 cm³/mol. The minimum Gasteiger partial charge on any atom is -0.493 e. The Morgan fingerprint density at radius 3 is 2.44 bits per heavy atom. The van der Waals surface area contributed by atoms with Crippen LogP contribution in [0.4, 0.5) is 0 Å². The van der Waals surface area contributed by atoms with Crippen LogP contribution in [0.25, 0.3) is 0 Å². The van der Waals surface area contributed by atoms with Crippen LogP contribution in [0.5, 0.6) is 11.5 Å². The van der Waals surface area contributed by atoms with E-state index in [-0.39, 0.29) is 18.1 Å². The van der Waals surface area contributed by atoms with Gasteiger partial charge in [0.25, 0.3) is 5.91 Å². The Morgan fingerprint density at radius 1 is 1.00 bits per heavy atom. The third-order valence-corrected chi connectivity index (χ3v) is 6.60. The molecule has 1 unspecified atom stereocenters. The van der Waals surface area contributed by atoms with E-state index in [0.29, 0.717) is 18.9 Å². The summed E-state index contributed by atoms with van der Waals surface area (Å²) in [5, 5.41) is 0. The van der Waals surface area contributed by atoms with Gasteiger partial charge in [-0.15, -0.1) is 0 Å². The van der Waals surface area contributed by atoms with Gasteiger partial charge in [0.2, 0.25) is 0 Å². The van der Waals surface area contributed by atoms with Crippen LogP contribution in [0.15, 0.2) is 42.5 Å². The van der Waals surface area contributed by atoms with Crippen molar-refractivity contribution in [3.8, 4) is 11.5 Å². The van der Waals surface area contributed by atoms with Crippen molar-refractivity contribution in [2.75, 3.05) is 20.3 Å². The number of amides is 1. The van der Waals surface area contributed by atoms with E-state index in [9.17, 15) is 4.79 Å². The molecule has 1 heterocycles. The maximum atomic E-state index is 13.4. The molecule has 2 aliphatic rings. The molecule has 1 aliphatic heterocycles. The number of carbonyl (C=O) groups is 1. The van der Waals surface area contributed by atoms with Crippen molar-refractivity contribution in [1.82, 2.24) is 4.90 Å². The molecular weight excluding hydrogens is 402 g/mol. The van der Waals surface area contributed by atoms with Crippen molar-refractivity contribution in [2.24, 2.45) is 0 Å². The van der Waals surface area contributed by atoms with Gasteiger partial charge in [0.15, 0.2) is 11.5 Å². The fourth-order valence-corrected chi connectivity index (χ4v) is 4.69. The van der Waals surface area contributed by atoms with Gasteiger partial charge >= 0.3 is 0 Å². The fraction of sp³-hybridized carbons (Fsp3) is 0.519. The Labute approximate surface area is 191 Å². The maximum Gasteiger partial charge on any atom is 0.254 e. The summed E-state index contributed by atoms with van der Waals surface area (Å²) in [6.07, 6.45) is 8.01. The van der Waals surface area contributed by atoms with Crippen molar-refractivity contribution in [2.45, 2.75) is 70.6 Å². The minimum absolute atomic E-state index is 0.102. The lowest BCUT2D eigenvalue weighted by Gasteiger charge is -2.29. The molecular formula is C27H35NO4. The lowest BCUT2D eigenvalue weighted by Crippen LogP contribution is -2.38. The first-order valence-electron chi connectivity index (χ1n) is 11.9. The number of rotatable bonds is 8. The molecule has 1 amide bonds. The molecule has 0 aromatic heterocycles. The monoisotopic (exact) mass is 437 g/mol. The van der Waals surface area contributed by atoms with Crippen LogP contribution in [0.3, 0.4) is 0 Å². The highest BCUT2D eigenvalue weighted by molar-refractivity contribution is 5.94. The zero-order valence-corrected chi connectivity index (χ0v) is 19.3. The fourth-order valence-electron chi connectivity index (χ4n) is 4.69. The van der Waals surface area contributed by atoms with Crippen LogP contribution in [0.2, 0.25) is 0 Å². The van der Waals surface area contributed by atoms with E-state index in [1.807, 2.05) is 54.3 Å². The van der Waals surface area contributed by atoms with E-state index in [4.69, 9.17) is 14.2 Å². The summed E-state index contributed by atoms with van der Waals surface area (Å²) >= 11 is 0. The van der Waals surface area contributed by atoms with Crippen LogP contribution in [0.1, 0.15) is 66.4 Å². The number of ether oxygens (including phenoxy) is 3. The van der Waals surface area contributed by atoms with Crippen LogP contribution in [-0.4, -0.2) is 43.3 Å². The Kier molecular flexibility index (Phi) is 7.69. The van der Waals surface area contributed by atoms with Gasteiger partial charge in [-0.2, -0.15) is 0 Å². The molecule has 2 aromatic rings. The molecule has 32 heavy (non-hydrogen) atoms. The van der Waals surface area contributed by atoms with Crippen molar-refractivity contribution >= 4 is 5.91 Å². The Morgan fingerprint density at radius 2 is 1.75 bits per heavy atom. The molecule has 0 spiro atoms. The largest absolute Gasteiger partial charge is 0.493 e. The van der Waals surface area contributed by atoms with Crippen LogP contribution < -0.4 is 9.47 Å². The highest BCUT2D eigenvalue weighted by atomic mass is 16.5. The summed E-state index contributed by atoms with van der Waals surface area (Å²) in [4.78, 5) is 15.4. The summed E-state index contributed by atoms with van der Waals surface area (Å²) in [6, 6.07) is 14.2. The van der Waals surface area contributed by atoms with Crippen LogP contribution >= 0.6 is 0 Å².